The maximum atomic E-state index is 12.9. The zero-order valence-corrected chi connectivity index (χ0v) is 8.92. The maximum absolute atomic E-state index is 12.9. The highest BCUT2D eigenvalue weighted by atomic mass is 79.9. The van der Waals surface area contributed by atoms with E-state index in [-0.39, 0.29) is 5.70 Å². The molecule has 0 bridgehead atoms. The molecule has 0 aliphatic rings. The number of hydrogen-bond acceptors (Lipinski definition) is 2. The summed E-state index contributed by atoms with van der Waals surface area (Å²) >= 11 is 3.10. The largest absolute Gasteiger partial charge is 0.259 e. The number of allylic oxidation sites excluding steroid dienone is 1. The van der Waals surface area contributed by atoms with Crippen molar-refractivity contribution in [1.29, 1.82) is 0 Å². The van der Waals surface area contributed by atoms with Gasteiger partial charge in [0.2, 0.25) is 5.70 Å². The van der Waals surface area contributed by atoms with Crippen molar-refractivity contribution in [2.45, 2.75) is 6.92 Å². The SMILES string of the molecule is C/C(=C/c1cc(F)cc(Br)c1)[N+](=O)[O-]. The van der Waals surface area contributed by atoms with Gasteiger partial charge in [0.15, 0.2) is 0 Å². The Labute approximate surface area is 88.5 Å². The Bertz CT molecular complexity index is 384. The summed E-state index contributed by atoms with van der Waals surface area (Å²) in [5, 5.41) is 10.3. The van der Waals surface area contributed by atoms with Crippen LogP contribution in [0.3, 0.4) is 0 Å². The molecule has 0 aliphatic carbocycles. The Morgan fingerprint density at radius 3 is 2.71 bits per heavy atom. The summed E-state index contributed by atoms with van der Waals surface area (Å²) in [6.45, 7) is 1.36. The minimum absolute atomic E-state index is 0.0255. The molecule has 1 rings (SSSR count). The van der Waals surface area contributed by atoms with E-state index in [1.54, 1.807) is 6.07 Å². The summed E-state index contributed by atoms with van der Waals surface area (Å²) < 4.78 is 13.4. The van der Waals surface area contributed by atoms with Gasteiger partial charge in [-0.2, -0.15) is 0 Å². The molecule has 0 aromatic heterocycles. The molecule has 74 valence electrons. The molecule has 3 nitrogen and oxygen atoms in total. The lowest BCUT2D eigenvalue weighted by Gasteiger charge is -1.96. The number of rotatable bonds is 2. The summed E-state index contributed by atoms with van der Waals surface area (Å²) in [6, 6.07) is 4.13. The third-order valence-electron chi connectivity index (χ3n) is 1.55. The van der Waals surface area contributed by atoms with Crippen LogP contribution < -0.4 is 0 Å². The van der Waals surface area contributed by atoms with E-state index in [1.807, 2.05) is 0 Å². The topological polar surface area (TPSA) is 43.1 Å². The molecular formula is C9H7BrFNO2. The van der Waals surface area contributed by atoms with Gasteiger partial charge < -0.3 is 0 Å². The lowest BCUT2D eigenvalue weighted by Crippen LogP contribution is -1.93. The molecule has 14 heavy (non-hydrogen) atoms. The normalized spacial score (nSPS) is 11.5. The number of benzene rings is 1. The van der Waals surface area contributed by atoms with Crippen LogP contribution in [0.25, 0.3) is 6.08 Å². The van der Waals surface area contributed by atoms with Gasteiger partial charge in [-0.1, -0.05) is 15.9 Å². The third kappa shape index (κ3) is 2.92. The maximum Gasteiger partial charge on any atom is 0.243 e. The minimum atomic E-state index is -0.515. The summed E-state index contributed by atoms with van der Waals surface area (Å²) in [5.74, 6) is -0.429. The molecular weight excluding hydrogens is 253 g/mol. The molecule has 5 heteroatoms. The number of hydrogen-bond donors (Lipinski definition) is 0. The van der Waals surface area contributed by atoms with Crippen LogP contribution >= 0.6 is 15.9 Å². The van der Waals surface area contributed by atoms with Crippen molar-refractivity contribution in [1.82, 2.24) is 0 Å². The number of nitrogens with zero attached hydrogens (tertiary/aromatic N) is 1. The van der Waals surface area contributed by atoms with Crippen molar-refractivity contribution in [3.8, 4) is 0 Å². The van der Waals surface area contributed by atoms with Crippen LogP contribution in [0.1, 0.15) is 12.5 Å². The monoisotopic (exact) mass is 259 g/mol. The zero-order valence-electron chi connectivity index (χ0n) is 7.33. The average molecular weight is 260 g/mol. The van der Waals surface area contributed by atoms with Gasteiger partial charge >= 0.3 is 0 Å². The van der Waals surface area contributed by atoms with Crippen LogP contribution in [0, 0.1) is 15.9 Å². The van der Waals surface area contributed by atoms with Crippen molar-refractivity contribution in [2.24, 2.45) is 0 Å². The molecule has 0 atom stereocenters. The van der Waals surface area contributed by atoms with Crippen molar-refractivity contribution in [2.75, 3.05) is 0 Å². The van der Waals surface area contributed by atoms with Gasteiger partial charge in [-0.15, -0.1) is 0 Å². The lowest BCUT2D eigenvalue weighted by atomic mass is 10.2. The molecule has 0 radical (unpaired) electrons. The molecule has 0 saturated heterocycles. The molecule has 0 fully saturated rings. The molecule has 0 N–H and O–H groups in total. The highest BCUT2D eigenvalue weighted by Crippen LogP contribution is 2.17. The first-order chi connectivity index (χ1) is 6.49. The van der Waals surface area contributed by atoms with E-state index in [0.29, 0.717) is 10.0 Å². The summed E-state index contributed by atoms with van der Waals surface area (Å²) in [5.41, 5.74) is 0.438. The fourth-order valence-electron chi connectivity index (χ4n) is 0.952. The lowest BCUT2D eigenvalue weighted by molar-refractivity contribution is -0.422. The number of nitro groups is 1. The molecule has 0 unspecified atom stereocenters. The third-order valence-corrected chi connectivity index (χ3v) is 2.01. The summed E-state index contributed by atoms with van der Waals surface area (Å²) in [4.78, 5) is 9.79. The Morgan fingerprint density at radius 2 is 2.21 bits per heavy atom. The van der Waals surface area contributed by atoms with E-state index in [9.17, 15) is 14.5 Å². The Balaban J connectivity index is 3.08. The molecule has 0 spiro atoms. The van der Waals surface area contributed by atoms with E-state index in [1.165, 1.54) is 25.1 Å². The first-order valence-corrected chi connectivity index (χ1v) is 4.57. The first-order valence-electron chi connectivity index (χ1n) is 3.78. The highest BCUT2D eigenvalue weighted by molar-refractivity contribution is 9.10. The smallest absolute Gasteiger partial charge is 0.243 e. The van der Waals surface area contributed by atoms with Gasteiger partial charge in [-0.05, 0) is 23.8 Å². The quantitative estimate of drug-likeness (QED) is 0.605. The van der Waals surface area contributed by atoms with Crippen LogP contribution in [-0.4, -0.2) is 4.92 Å². The molecule has 0 aliphatic heterocycles. The second-order valence-corrected chi connectivity index (χ2v) is 3.66. The van der Waals surface area contributed by atoms with Gasteiger partial charge in [0.05, 0.1) is 4.92 Å². The van der Waals surface area contributed by atoms with E-state index in [2.05, 4.69) is 15.9 Å². The molecule has 0 saturated carbocycles. The predicted octanol–water partition coefficient (Wildman–Crippen LogP) is 3.23. The average Bonchev–Trinajstić information content (AvgIpc) is 2.01. The van der Waals surface area contributed by atoms with Crippen molar-refractivity contribution < 1.29 is 9.31 Å². The van der Waals surface area contributed by atoms with Gasteiger partial charge in [-0.3, -0.25) is 10.1 Å². The van der Waals surface area contributed by atoms with Gasteiger partial charge in [0.25, 0.3) is 0 Å². The van der Waals surface area contributed by atoms with Crippen LogP contribution in [0.2, 0.25) is 0 Å². The Kier molecular flexibility index (Phi) is 3.35. The van der Waals surface area contributed by atoms with E-state index >= 15 is 0 Å². The van der Waals surface area contributed by atoms with Crippen molar-refractivity contribution in [3.63, 3.8) is 0 Å². The second kappa shape index (κ2) is 4.32. The summed E-state index contributed by atoms with van der Waals surface area (Å²) in [7, 11) is 0. The minimum Gasteiger partial charge on any atom is -0.259 e. The fourth-order valence-corrected chi connectivity index (χ4v) is 1.44. The van der Waals surface area contributed by atoms with Crippen LogP contribution in [0.15, 0.2) is 28.4 Å². The predicted molar refractivity (Wildman–Crippen MR) is 54.7 cm³/mol. The van der Waals surface area contributed by atoms with E-state index < -0.39 is 10.7 Å². The van der Waals surface area contributed by atoms with Gasteiger partial charge in [-0.25, -0.2) is 4.39 Å². The second-order valence-electron chi connectivity index (χ2n) is 2.75. The molecule has 0 amide bonds. The molecule has 1 aromatic rings. The number of halogens is 2. The van der Waals surface area contributed by atoms with Gasteiger partial charge in [0, 0.05) is 17.5 Å². The van der Waals surface area contributed by atoms with Crippen molar-refractivity contribution >= 4 is 22.0 Å². The zero-order chi connectivity index (χ0) is 10.7. The van der Waals surface area contributed by atoms with Crippen molar-refractivity contribution in [3.05, 3.63) is 49.9 Å². The Hall–Kier alpha value is -1.23. The fraction of sp³-hybridized carbons (Fsp3) is 0.111. The van der Waals surface area contributed by atoms with Gasteiger partial charge in [0.1, 0.15) is 5.82 Å². The molecule has 1 aromatic carbocycles. The van der Waals surface area contributed by atoms with E-state index in [4.69, 9.17) is 0 Å². The van der Waals surface area contributed by atoms with Crippen LogP contribution in [0.5, 0.6) is 0 Å². The summed E-state index contributed by atoms with van der Waals surface area (Å²) in [6.07, 6.45) is 1.31. The van der Waals surface area contributed by atoms with Crippen LogP contribution in [-0.2, 0) is 0 Å². The van der Waals surface area contributed by atoms with Crippen LogP contribution in [0.4, 0.5) is 4.39 Å². The molecule has 0 heterocycles. The standard InChI is InChI=1S/C9H7BrFNO2/c1-6(12(13)14)2-7-3-8(10)5-9(11)4-7/h2-5H,1H3/b6-2-. The first kappa shape index (κ1) is 10.8. The van der Waals surface area contributed by atoms with E-state index in [0.717, 1.165) is 0 Å². The Morgan fingerprint density at radius 1 is 1.57 bits per heavy atom. The highest BCUT2D eigenvalue weighted by Gasteiger charge is 2.03.